The SMILES string of the molecule is CC1(C)CC[C@]2(C(=O)O)CC[C@]3(C)C(=CC[C@@H]4[C@@]5(C)CC[C@H](O)[C@@](C)(CO)[C@@H]5CC[C@]43C)[C@H]2C1. The van der Waals surface area contributed by atoms with Gasteiger partial charge in [-0.05, 0) is 104 Å². The van der Waals surface area contributed by atoms with Crippen molar-refractivity contribution < 1.29 is 20.1 Å². The zero-order valence-corrected chi connectivity index (χ0v) is 22.4. The third-order valence-corrected chi connectivity index (χ3v) is 13.2. The van der Waals surface area contributed by atoms with Crippen LogP contribution < -0.4 is 0 Å². The number of hydrogen-bond donors (Lipinski definition) is 3. The third-order valence-electron chi connectivity index (χ3n) is 13.2. The van der Waals surface area contributed by atoms with Crippen molar-refractivity contribution in [3.05, 3.63) is 11.6 Å². The Bertz CT molecular complexity index is 907. The Morgan fingerprint density at radius 1 is 0.941 bits per heavy atom. The molecule has 4 fully saturated rings. The molecule has 192 valence electrons. The minimum Gasteiger partial charge on any atom is -0.481 e. The number of aliphatic hydroxyl groups excluding tert-OH is 2. The van der Waals surface area contributed by atoms with E-state index in [2.05, 4.69) is 47.6 Å². The van der Waals surface area contributed by atoms with Crippen LogP contribution in [-0.4, -0.2) is 34.0 Å². The Morgan fingerprint density at radius 2 is 1.62 bits per heavy atom. The zero-order chi connectivity index (χ0) is 24.9. The number of aliphatic carboxylic acids is 1. The summed E-state index contributed by atoms with van der Waals surface area (Å²) in [6.07, 6.45) is 11.6. The van der Waals surface area contributed by atoms with Gasteiger partial charge in [0, 0.05) is 5.41 Å². The van der Waals surface area contributed by atoms with Crippen LogP contribution in [-0.2, 0) is 4.79 Å². The molecule has 0 aliphatic heterocycles. The molecule has 5 aliphatic rings. The highest BCUT2D eigenvalue weighted by atomic mass is 16.4. The number of rotatable bonds is 2. The lowest BCUT2D eigenvalue weighted by Gasteiger charge is -2.71. The van der Waals surface area contributed by atoms with Crippen LogP contribution in [0.25, 0.3) is 0 Å². The summed E-state index contributed by atoms with van der Waals surface area (Å²) in [4.78, 5) is 12.8. The van der Waals surface area contributed by atoms with E-state index < -0.39 is 22.9 Å². The molecular formula is C30H48O4. The predicted octanol–water partition coefficient (Wildman–Crippen LogP) is 6.21. The number of allylic oxidation sites excluding steroid dienone is 2. The molecule has 5 rings (SSSR count). The molecule has 0 heterocycles. The molecule has 3 N–H and O–H groups in total. The molecule has 4 heteroatoms. The first-order valence-electron chi connectivity index (χ1n) is 13.9. The van der Waals surface area contributed by atoms with Gasteiger partial charge < -0.3 is 15.3 Å². The molecule has 0 amide bonds. The second kappa shape index (κ2) is 7.34. The molecule has 0 aromatic heterocycles. The molecule has 4 saturated carbocycles. The molecule has 0 unspecified atom stereocenters. The van der Waals surface area contributed by atoms with Crippen molar-refractivity contribution >= 4 is 5.97 Å². The van der Waals surface area contributed by atoms with Gasteiger partial charge in [-0.25, -0.2) is 0 Å². The van der Waals surface area contributed by atoms with E-state index in [9.17, 15) is 20.1 Å². The van der Waals surface area contributed by atoms with Crippen molar-refractivity contribution in [2.24, 2.45) is 50.2 Å². The van der Waals surface area contributed by atoms with Crippen LogP contribution in [0.4, 0.5) is 0 Å². The number of fused-ring (bicyclic) bond motifs is 7. The zero-order valence-electron chi connectivity index (χ0n) is 22.4. The highest BCUT2D eigenvalue weighted by Crippen LogP contribution is 2.75. The summed E-state index contributed by atoms with van der Waals surface area (Å²) < 4.78 is 0. The average molecular weight is 473 g/mol. The number of hydrogen-bond acceptors (Lipinski definition) is 3. The topological polar surface area (TPSA) is 77.8 Å². The molecular weight excluding hydrogens is 424 g/mol. The van der Waals surface area contributed by atoms with E-state index in [0.717, 1.165) is 64.2 Å². The highest BCUT2D eigenvalue weighted by Gasteiger charge is 2.69. The fraction of sp³-hybridized carbons (Fsp3) is 0.900. The van der Waals surface area contributed by atoms with E-state index in [-0.39, 0.29) is 34.2 Å². The van der Waals surface area contributed by atoms with Gasteiger partial charge in [-0.15, -0.1) is 0 Å². The summed E-state index contributed by atoms with van der Waals surface area (Å²) in [5.74, 6) is 0.395. The van der Waals surface area contributed by atoms with Crippen molar-refractivity contribution in [1.82, 2.24) is 0 Å². The fourth-order valence-electron chi connectivity index (χ4n) is 10.7. The van der Waals surface area contributed by atoms with E-state index >= 15 is 0 Å². The Morgan fingerprint density at radius 3 is 2.26 bits per heavy atom. The van der Waals surface area contributed by atoms with E-state index in [4.69, 9.17) is 0 Å². The molecule has 4 nitrogen and oxygen atoms in total. The van der Waals surface area contributed by atoms with E-state index in [1.807, 2.05) is 0 Å². The Hall–Kier alpha value is -0.870. The lowest BCUT2D eigenvalue weighted by molar-refractivity contribution is -0.216. The number of carbonyl (C=O) groups is 1. The first kappa shape index (κ1) is 24.8. The minimum absolute atomic E-state index is 0.0204. The summed E-state index contributed by atoms with van der Waals surface area (Å²) in [7, 11) is 0. The second-order valence-electron chi connectivity index (χ2n) is 14.9. The van der Waals surface area contributed by atoms with Crippen molar-refractivity contribution in [1.29, 1.82) is 0 Å². The molecule has 0 spiro atoms. The second-order valence-corrected chi connectivity index (χ2v) is 14.9. The van der Waals surface area contributed by atoms with Gasteiger partial charge in [-0.3, -0.25) is 4.79 Å². The average Bonchev–Trinajstić information content (AvgIpc) is 2.76. The smallest absolute Gasteiger partial charge is 0.310 e. The molecule has 0 aromatic rings. The maximum atomic E-state index is 12.8. The summed E-state index contributed by atoms with van der Waals surface area (Å²) in [5.41, 5.74) is 0.858. The molecule has 0 saturated heterocycles. The van der Waals surface area contributed by atoms with Crippen LogP contribution in [0.2, 0.25) is 0 Å². The van der Waals surface area contributed by atoms with Crippen LogP contribution in [0.3, 0.4) is 0 Å². The Kier molecular flexibility index (Phi) is 5.36. The van der Waals surface area contributed by atoms with Crippen LogP contribution in [0.5, 0.6) is 0 Å². The molecule has 9 atom stereocenters. The monoisotopic (exact) mass is 472 g/mol. The number of aliphatic hydroxyl groups is 2. The van der Waals surface area contributed by atoms with E-state index in [1.165, 1.54) is 5.57 Å². The van der Waals surface area contributed by atoms with Crippen molar-refractivity contribution in [2.45, 2.75) is 112 Å². The first-order chi connectivity index (χ1) is 15.7. The number of carboxylic acid groups (broad SMARTS) is 1. The predicted molar refractivity (Wildman–Crippen MR) is 134 cm³/mol. The Balaban J connectivity index is 1.60. The van der Waals surface area contributed by atoms with Gasteiger partial charge >= 0.3 is 5.97 Å². The van der Waals surface area contributed by atoms with Gasteiger partial charge in [0.25, 0.3) is 0 Å². The van der Waals surface area contributed by atoms with E-state index in [0.29, 0.717) is 11.8 Å². The number of carboxylic acids is 1. The highest BCUT2D eigenvalue weighted by molar-refractivity contribution is 5.76. The maximum absolute atomic E-state index is 12.8. The first-order valence-corrected chi connectivity index (χ1v) is 13.9. The largest absolute Gasteiger partial charge is 0.481 e. The van der Waals surface area contributed by atoms with Crippen molar-refractivity contribution in [3.63, 3.8) is 0 Å². The van der Waals surface area contributed by atoms with Gasteiger partial charge in [0.2, 0.25) is 0 Å². The fourth-order valence-corrected chi connectivity index (χ4v) is 10.7. The summed E-state index contributed by atoms with van der Waals surface area (Å²) >= 11 is 0. The van der Waals surface area contributed by atoms with Crippen LogP contribution in [0, 0.1) is 50.2 Å². The van der Waals surface area contributed by atoms with Gasteiger partial charge in [-0.2, -0.15) is 0 Å². The summed E-state index contributed by atoms with van der Waals surface area (Å²) in [6.45, 7) is 14.3. The van der Waals surface area contributed by atoms with Gasteiger partial charge in [0.05, 0.1) is 18.1 Å². The lowest BCUT2D eigenvalue weighted by Crippen LogP contribution is -2.65. The van der Waals surface area contributed by atoms with Gasteiger partial charge in [-0.1, -0.05) is 53.2 Å². The van der Waals surface area contributed by atoms with E-state index in [1.54, 1.807) is 0 Å². The quantitative estimate of drug-likeness (QED) is 0.418. The third kappa shape index (κ3) is 2.88. The van der Waals surface area contributed by atoms with Gasteiger partial charge in [0.1, 0.15) is 0 Å². The molecule has 0 bridgehead atoms. The molecule has 0 radical (unpaired) electrons. The lowest BCUT2D eigenvalue weighted by atomic mass is 9.33. The van der Waals surface area contributed by atoms with Crippen molar-refractivity contribution in [3.8, 4) is 0 Å². The molecule has 5 aliphatic carbocycles. The van der Waals surface area contributed by atoms with Crippen LogP contribution in [0.15, 0.2) is 11.6 Å². The standard InChI is InChI=1S/C30H48O4/c1-25(2)13-15-30(24(33)34)16-14-28(5)19(20(30)17-25)7-8-22-26(3)11-10-23(32)27(4,18-31)21(26)9-12-29(22,28)6/h7,20-23,31-32H,8-18H2,1-6H3,(H,33,34)/t20-,21-,22-,23+,26+,27+,28-,29-,30+/m1/s1. The maximum Gasteiger partial charge on any atom is 0.310 e. The van der Waals surface area contributed by atoms with Crippen LogP contribution in [0.1, 0.15) is 106 Å². The molecule has 0 aromatic carbocycles. The van der Waals surface area contributed by atoms with Crippen molar-refractivity contribution in [2.75, 3.05) is 6.61 Å². The minimum atomic E-state index is -0.588. The molecule has 34 heavy (non-hydrogen) atoms. The summed E-state index contributed by atoms with van der Waals surface area (Å²) in [5, 5.41) is 31.8. The van der Waals surface area contributed by atoms with Crippen LogP contribution >= 0.6 is 0 Å². The van der Waals surface area contributed by atoms with Gasteiger partial charge in [0.15, 0.2) is 0 Å². The normalized spacial score (nSPS) is 54.1. The summed E-state index contributed by atoms with van der Waals surface area (Å²) in [6, 6.07) is 0. The Labute approximate surface area is 206 Å².